The minimum absolute atomic E-state index is 0.0609. The molecule has 6 heteroatoms. The Morgan fingerprint density at radius 3 is 2.56 bits per heavy atom. The number of imidazole rings is 1. The van der Waals surface area contributed by atoms with E-state index in [1.807, 2.05) is 28.8 Å². The van der Waals surface area contributed by atoms with Crippen molar-refractivity contribution < 1.29 is 5.11 Å². The lowest BCUT2D eigenvalue weighted by molar-refractivity contribution is 0.180. The number of rotatable bonds is 3. The van der Waals surface area contributed by atoms with E-state index in [0.29, 0.717) is 10.8 Å². The van der Waals surface area contributed by atoms with E-state index in [4.69, 9.17) is 11.6 Å². The van der Waals surface area contributed by atoms with Crippen molar-refractivity contribution in [1.82, 2.24) is 14.5 Å². The summed E-state index contributed by atoms with van der Waals surface area (Å²) in [5.74, 6) is 0.293. The summed E-state index contributed by atoms with van der Waals surface area (Å²) in [6, 6.07) is 13.1. The minimum atomic E-state index is -0.0609. The molecule has 1 saturated heterocycles. The fraction of sp³-hybridized carbons (Fsp3) is 0.316. The summed E-state index contributed by atoms with van der Waals surface area (Å²) >= 11 is 6.02. The van der Waals surface area contributed by atoms with Crippen molar-refractivity contribution in [3.63, 3.8) is 0 Å². The third-order valence-electron chi connectivity index (χ3n) is 4.94. The largest absolute Gasteiger partial charge is 0.508 e. The molecule has 2 heterocycles. The molecule has 0 atom stereocenters. The highest BCUT2D eigenvalue weighted by atomic mass is 35.5. The van der Waals surface area contributed by atoms with Gasteiger partial charge in [0.1, 0.15) is 5.75 Å². The molecule has 0 spiro atoms. The summed E-state index contributed by atoms with van der Waals surface area (Å²) in [4.78, 5) is 17.7. The van der Waals surface area contributed by atoms with Crippen LogP contribution in [-0.2, 0) is 6.54 Å². The van der Waals surface area contributed by atoms with Crippen LogP contribution in [0, 0.1) is 0 Å². The number of hydrogen-bond acceptors (Lipinski definition) is 3. The molecule has 25 heavy (non-hydrogen) atoms. The van der Waals surface area contributed by atoms with E-state index in [1.165, 1.54) is 5.56 Å². The SMILES string of the molecule is O=c1[nH]c2cc(Cl)ccc2n1C1CCN(Cc2ccc(O)cc2)CC1. The molecule has 5 nitrogen and oxygen atoms in total. The normalized spacial score (nSPS) is 16.5. The van der Waals surface area contributed by atoms with Crippen molar-refractivity contribution in [2.45, 2.75) is 25.4 Å². The number of aromatic amines is 1. The van der Waals surface area contributed by atoms with Crippen LogP contribution in [0.4, 0.5) is 0 Å². The summed E-state index contributed by atoms with van der Waals surface area (Å²) in [6.45, 7) is 2.75. The fourth-order valence-corrected chi connectivity index (χ4v) is 3.83. The highest BCUT2D eigenvalue weighted by molar-refractivity contribution is 6.31. The van der Waals surface area contributed by atoms with Gasteiger partial charge in [0, 0.05) is 30.7 Å². The summed E-state index contributed by atoms with van der Waals surface area (Å²) in [6.07, 6.45) is 1.88. The van der Waals surface area contributed by atoms with Crippen LogP contribution < -0.4 is 5.69 Å². The average molecular weight is 358 g/mol. The molecule has 1 aromatic heterocycles. The van der Waals surface area contributed by atoms with Crippen LogP contribution in [0.2, 0.25) is 5.02 Å². The first kappa shape index (κ1) is 16.2. The summed E-state index contributed by atoms with van der Waals surface area (Å²) in [5.41, 5.74) is 2.85. The second-order valence-corrected chi connectivity index (χ2v) is 7.07. The highest BCUT2D eigenvalue weighted by Gasteiger charge is 2.23. The predicted molar refractivity (Wildman–Crippen MR) is 99.2 cm³/mol. The summed E-state index contributed by atoms with van der Waals surface area (Å²) in [5, 5.41) is 10.0. The Kier molecular flexibility index (Phi) is 4.27. The maximum absolute atomic E-state index is 12.4. The van der Waals surface area contributed by atoms with Crippen LogP contribution >= 0.6 is 11.6 Å². The van der Waals surface area contributed by atoms with Gasteiger partial charge in [-0.25, -0.2) is 4.79 Å². The first-order valence-corrected chi connectivity index (χ1v) is 8.88. The number of likely N-dealkylation sites (tertiary alicyclic amines) is 1. The number of nitrogens with zero attached hydrogens (tertiary/aromatic N) is 2. The molecule has 0 aliphatic carbocycles. The second-order valence-electron chi connectivity index (χ2n) is 6.64. The van der Waals surface area contributed by atoms with Gasteiger partial charge in [-0.15, -0.1) is 0 Å². The van der Waals surface area contributed by atoms with Gasteiger partial charge in [0.05, 0.1) is 11.0 Å². The number of benzene rings is 2. The molecule has 0 radical (unpaired) electrons. The molecule has 2 aromatic carbocycles. The molecule has 0 saturated carbocycles. The molecule has 1 fully saturated rings. The Morgan fingerprint density at radius 2 is 1.84 bits per heavy atom. The van der Waals surface area contributed by atoms with E-state index in [-0.39, 0.29) is 11.7 Å². The quantitative estimate of drug-likeness (QED) is 0.753. The third kappa shape index (κ3) is 3.30. The topological polar surface area (TPSA) is 61.3 Å². The minimum Gasteiger partial charge on any atom is -0.508 e. The molecule has 2 N–H and O–H groups in total. The monoisotopic (exact) mass is 357 g/mol. The number of phenols is 1. The average Bonchev–Trinajstić information content (AvgIpc) is 2.92. The van der Waals surface area contributed by atoms with Crippen LogP contribution in [0.25, 0.3) is 11.0 Å². The summed E-state index contributed by atoms with van der Waals surface area (Å²) in [7, 11) is 0. The Labute approximate surface area is 150 Å². The van der Waals surface area contributed by atoms with Crippen molar-refractivity contribution in [1.29, 1.82) is 0 Å². The van der Waals surface area contributed by atoms with E-state index < -0.39 is 0 Å². The zero-order valence-electron chi connectivity index (χ0n) is 13.8. The molecule has 0 bridgehead atoms. The third-order valence-corrected chi connectivity index (χ3v) is 5.18. The Hall–Kier alpha value is -2.24. The van der Waals surface area contributed by atoms with Crippen molar-refractivity contribution in [2.75, 3.05) is 13.1 Å². The van der Waals surface area contributed by atoms with Gasteiger partial charge in [-0.2, -0.15) is 0 Å². The van der Waals surface area contributed by atoms with Gasteiger partial charge in [0.2, 0.25) is 0 Å². The van der Waals surface area contributed by atoms with Crippen molar-refractivity contribution in [3.8, 4) is 5.75 Å². The van der Waals surface area contributed by atoms with Crippen molar-refractivity contribution in [2.24, 2.45) is 0 Å². The second kappa shape index (κ2) is 6.58. The molecule has 4 rings (SSSR count). The standard InChI is InChI=1S/C19H20ClN3O2/c20-14-3-6-18-17(11-14)21-19(25)23(18)15-7-9-22(10-8-15)12-13-1-4-16(24)5-2-13/h1-6,11,15,24H,7-10,12H2,(H,21,25). The van der Waals surface area contributed by atoms with E-state index in [1.54, 1.807) is 18.2 Å². The van der Waals surface area contributed by atoms with Gasteiger partial charge in [-0.3, -0.25) is 9.47 Å². The number of fused-ring (bicyclic) bond motifs is 1. The van der Waals surface area contributed by atoms with Crippen molar-refractivity contribution in [3.05, 3.63) is 63.5 Å². The van der Waals surface area contributed by atoms with Crippen molar-refractivity contribution >= 4 is 22.6 Å². The molecule has 1 aliphatic heterocycles. The molecular weight excluding hydrogens is 338 g/mol. The number of aromatic hydroxyl groups is 1. The number of halogens is 1. The number of phenolic OH excluding ortho intramolecular Hbond substituents is 1. The molecule has 3 aromatic rings. The maximum atomic E-state index is 12.4. The number of hydrogen-bond donors (Lipinski definition) is 2. The van der Waals surface area contributed by atoms with E-state index in [9.17, 15) is 9.90 Å². The molecule has 1 aliphatic rings. The van der Waals surface area contributed by atoms with Gasteiger partial charge < -0.3 is 10.1 Å². The van der Waals surface area contributed by atoms with Gasteiger partial charge in [0.15, 0.2) is 0 Å². The first-order chi connectivity index (χ1) is 12.1. The zero-order valence-corrected chi connectivity index (χ0v) is 14.5. The van der Waals surface area contributed by atoms with Crippen LogP contribution in [0.3, 0.4) is 0 Å². The van der Waals surface area contributed by atoms with Gasteiger partial charge in [-0.1, -0.05) is 23.7 Å². The Bertz CT molecular complexity index is 937. The van der Waals surface area contributed by atoms with E-state index in [0.717, 1.165) is 43.5 Å². The molecule has 0 unspecified atom stereocenters. The molecule has 130 valence electrons. The number of nitrogens with one attached hydrogen (secondary N) is 1. The summed E-state index contributed by atoms with van der Waals surface area (Å²) < 4.78 is 1.88. The van der Waals surface area contributed by atoms with E-state index in [2.05, 4.69) is 9.88 Å². The number of aromatic nitrogens is 2. The fourth-order valence-electron chi connectivity index (χ4n) is 3.66. The Morgan fingerprint density at radius 1 is 1.12 bits per heavy atom. The number of piperidine rings is 1. The maximum Gasteiger partial charge on any atom is 0.326 e. The smallest absolute Gasteiger partial charge is 0.326 e. The van der Waals surface area contributed by atoms with Crippen LogP contribution in [0.15, 0.2) is 47.3 Å². The predicted octanol–water partition coefficient (Wildman–Crippen LogP) is 3.53. The lowest BCUT2D eigenvalue weighted by atomic mass is 10.0. The Balaban J connectivity index is 1.48. The van der Waals surface area contributed by atoms with E-state index >= 15 is 0 Å². The van der Waals surface area contributed by atoms with Gasteiger partial charge in [0.25, 0.3) is 0 Å². The van der Waals surface area contributed by atoms with Gasteiger partial charge >= 0.3 is 5.69 Å². The number of H-pyrrole nitrogens is 1. The first-order valence-electron chi connectivity index (χ1n) is 8.50. The van der Waals surface area contributed by atoms with Crippen LogP contribution in [-0.4, -0.2) is 32.6 Å². The lowest BCUT2D eigenvalue weighted by Gasteiger charge is -2.32. The molecule has 0 amide bonds. The lowest BCUT2D eigenvalue weighted by Crippen LogP contribution is -2.36. The zero-order chi connectivity index (χ0) is 17.4. The van der Waals surface area contributed by atoms with Crippen LogP contribution in [0.5, 0.6) is 5.75 Å². The van der Waals surface area contributed by atoms with Crippen LogP contribution in [0.1, 0.15) is 24.4 Å². The molecular formula is C19H20ClN3O2. The van der Waals surface area contributed by atoms with Gasteiger partial charge in [-0.05, 0) is 48.7 Å². The highest BCUT2D eigenvalue weighted by Crippen LogP contribution is 2.27.